The molecule has 2 N–H and O–H groups in total. The highest BCUT2D eigenvalue weighted by atomic mass is 16.3. The van der Waals surface area contributed by atoms with Crippen LogP contribution in [0.25, 0.3) is 16.7 Å². The van der Waals surface area contributed by atoms with E-state index in [1.165, 1.54) is 0 Å². The number of nitrogens with zero attached hydrogens (tertiary/aromatic N) is 1. The number of primary amides is 1. The van der Waals surface area contributed by atoms with Gasteiger partial charge in [0.1, 0.15) is 0 Å². The van der Waals surface area contributed by atoms with Crippen molar-refractivity contribution < 1.29 is 9.21 Å². The zero-order valence-electron chi connectivity index (χ0n) is 12.3. The average Bonchev–Trinajstić information content (AvgIpc) is 3.24. The zero-order chi connectivity index (χ0) is 15.8. The molecule has 4 nitrogen and oxygen atoms in total. The third kappa shape index (κ3) is 2.34. The van der Waals surface area contributed by atoms with Crippen molar-refractivity contribution in [1.82, 2.24) is 4.98 Å². The molecule has 0 bridgehead atoms. The predicted molar refractivity (Wildman–Crippen MR) is 87.7 cm³/mol. The van der Waals surface area contributed by atoms with Gasteiger partial charge in [-0.3, -0.25) is 9.78 Å². The first-order valence-electron chi connectivity index (χ1n) is 7.34. The van der Waals surface area contributed by atoms with Gasteiger partial charge in [0, 0.05) is 34.9 Å². The maximum atomic E-state index is 11.2. The fourth-order valence-electron chi connectivity index (χ4n) is 2.87. The topological polar surface area (TPSA) is 69.1 Å². The first-order chi connectivity index (χ1) is 11.2. The van der Waals surface area contributed by atoms with Crippen molar-refractivity contribution in [1.29, 1.82) is 0 Å². The molecule has 1 aromatic carbocycles. The molecule has 1 aliphatic rings. The number of carbonyl (C=O) groups is 1. The lowest BCUT2D eigenvalue weighted by atomic mass is 9.98. The molecule has 3 aromatic rings. The molecule has 0 radical (unpaired) electrons. The van der Waals surface area contributed by atoms with Gasteiger partial charge >= 0.3 is 0 Å². The first kappa shape index (κ1) is 13.5. The first-order valence-corrected chi connectivity index (χ1v) is 7.34. The summed E-state index contributed by atoms with van der Waals surface area (Å²) in [4.78, 5) is 15.8. The number of pyridine rings is 1. The van der Waals surface area contributed by atoms with Gasteiger partial charge in [-0.05, 0) is 35.4 Å². The van der Waals surface area contributed by atoms with Crippen molar-refractivity contribution in [3.8, 4) is 11.1 Å². The normalized spacial score (nSPS) is 12.8. The summed E-state index contributed by atoms with van der Waals surface area (Å²) in [6.07, 6.45) is 8.21. The summed E-state index contributed by atoms with van der Waals surface area (Å²) in [6, 6.07) is 11.4. The minimum absolute atomic E-state index is 0.415. The fourth-order valence-corrected chi connectivity index (χ4v) is 2.87. The van der Waals surface area contributed by atoms with E-state index in [2.05, 4.69) is 17.1 Å². The van der Waals surface area contributed by atoms with Crippen LogP contribution >= 0.6 is 0 Å². The monoisotopic (exact) mass is 302 g/mol. The Morgan fingerprint density at radius 3 is 2.61 bits per heavy atom. The molecule has 0 unspecified atom stereocenters. The Morgan fingerprint density at radius 1 is 1.09 bits per heavy atom. The van der Waals surface area contributed by atoms with Crippen LogP contribution in [0, 0.1) is 0 Å². The van der Waals surface area contributed by atoms with Gasteiger partial charge in [0.2, 0.25) is 5.91 Å². The van der Waals surface area contributed by atoms with Gasteiger partial charge in [-0.15, -0.1) is 0 Å². The van der Waals surface area contributed by atoms with Crippen molar-refractivity contribution in [2.45, 2.75) is 6.42 Å². The number of carbonyl (C=O) groups excluding carboxylic acids is 1. The van der Waals surface area contributed by atoms with Crippen LogP contribution < -0.4 is 5.73 Å². The summed E-state index contributed by atoms with van der Waals surface area (Å²) in [7, 11) is 0. The molecule has 0 atom stereocenters. The number of aromatic nitrogens is 1. The summed E-state index contributed by atoms with van der Waals surface area (Å²) < 4.78 is 5.15. The lowest BCUT2D eigenvalue weighted by molar-refractivity contribution is 0.100. The van der Waals surface area contributed by atoms with E-state index in [0.29, 0.717) is 5.56 Å². The van der Waals surface area contributed by atoms with Gasteiger partial charge in [-0.1, -0.05) is 18.2 Å². The second-order valence-electron chi connectivity index (χ2n) is 5.49. The van der Waals surface area contributed by atoms with Gasteiger partial charge < -0.3 is 10.2 Å². The van der Waals surface area contributed by atoms with Gasteiger partial charge in [0.25, 0.3) is 0 Å². The van der Waals surface area contributed by atoms with E-state index in [1.807, 2.05) is 24.4 Å². The molecular formula is C19H14N2O2. The highest BCUT2D eigenvalue weighted by Crippen LogP contribution is 2.34. The van der Waals surface area contributed by atoms with E-state index >= 15 is 0 Å². The van der Waals surface area contributed by atoms with Crippen LogP contribution in [-0.4, -0.2) is 10.9 Å². The summed E-state index contributed by atoms with van der Waals surface area (Å²) in [5, 5.41) is 0. The number of nitrogens with two attached hydrogens (primary N) is 1. The third-order valence-electron chi connectivity index (χ3n) is 4.09. The van der Waals surface area contributed by atoms with Crippen LogP contribution in [0.15, 0.2) is 65.6 Å². The standard InChI is InChI=1S/C19H14N2O2/c20-19(22)13-3-1-12(2-4-13)16-5-6-18-17(16)9-15(10-21-18)14-7-8-23-11-14/h1-5,7-11H,6H2,(H2,20,22). The number of hydrogen-bond acceptors (Lipinski definition) is 3. The molecule has 112 valence electrons. The van der Waals surface area contributed by atoms with Crippen molar-refractivity contribution in [3.05, 3.63) is 83.6 Å². The van der Waals surface area contributed by atoms with E-state index in [9.17, 15) is 4.79 Å². The Kier molecular flexibility index (Phi) is 3.08. The Labute approximate surface area is 133 Å². The van der Waals surface area contributed by atoms with Gasteiger partial charge in [0.05, 0.1) is 18.2 Å². The predicted octanol–water partition coefficient (Wildman–Crippen LogP) is 3.43. The minimum Gasteiger partial charge on any atom is -0.472 e. The Bertz CT molecular complexity index is 907. The molecule has 0 fully saturated rings. The molecular weight excluding hydrogens is 288 g/mol. The third-order valence-corrected chi connectivity index (χ3v) is 4.09. The maximum absolute atomic E-state index is 11.2. The number of allylic oxidation sites excluding steroid dienone is 1. The number of furan rings is 1. The molecule has 4 heteroatoms. The quantitative estimate of drug-likeness (QED) is 0.806. The summed E-state index contributed by atoms with van der Waals surface area (Å²) in [6.45, 7) is 0. The largest absolute Gasteiger partial charge is 0.472 e. The van der Waals surface area contributed by atoms with Crippen LogP contribution in [0.2, 0.25) is 0 Å². The van der Waals surface area contributed by atoms with Crippen LogP contribution in [0.1, 0.15) is 27.2 Å². The number of hydrogen-bond donors (Lipinski definition) is 1. The van der Waals surface area contributed by atoms with Crippen LogP contribution in [-0.2, 0) is 6.42 Å². The summed E-state index contributed by atoms with van der Waals surface area (Å²) >= 11 is 0. The molecule has 1 aliphatic carbocycles. The van der Waals surface area contributed by atoms with Crippen molar-refractivity contribution in [2.75, 3.05) is 0 Å². The zero-order valence-corrected chi connectivity index (χ0v) is 12.3. The van der Waals surface area contributed by atoms with Crippen molar-refractivity contribution in [2.24, 2.45) is 5.73 Å². The molecule has 0 saturated carbocycles. The van der Waals surface area contributed by atoms with Gasteiger partial charge in [0.15, 0.2) is 0 Å². The number of fused-ring (bicyclic) bond motifs is 1. The van der Waals surface area contributed by atoms with E-state index < -0.39 is 5.91 Å². The van der Waals surface area contributed by atoms with E-state index in [4.69, 9.17) is 10.2 Å². The van der Waals surface area contributed by atoms with Crippen molar-refractivity contribution >= 4 is 11.5 Å². The number of benzene rings is 1. The Balaban J connectivity index is 1.74. The van der Waals surface area contributed by atoms with E-state index in [1.54, 1.807) is 24.7 Å². The second kappa shape index (κ2) is 5.25. The molecule has 0 aliphatic heterocycles. The lowest BCUT2D eigenvalue weighted by Gasteiger charge is -2.08. The van der Waals surface area contributed by atoms with E-state index in [-0.39, 0.29) is 0 Å². The molecule has 2 aromatic heterocycles. The average molecular weight is 302 g/mol. The van der Waals surface area contributed by atoms with Crippen LogP contribution in [0.3, 0.4) is 0 Å². The molecule has 0 saturated heterocycles. The fraction of sp³-hybridized carbons (Fsp3) is 0.0526. The Hall–Kier alpha value is -3.14. The highest BCUT2D eigenvalue weighted by molar-refractivity contribution is 5.94. The van der Waals surface area contributed by atoms with Gasteiger partial charge in [-0.2, -0.15) is 0 Å². The molecule has 0 spiro atoms. The number of rotatable bonds is 3. The SMILES string of the molecule is NC(=O)c1ccc(C2=CCc3ncc(-c4ccoc4)cc32)cc1. The summed E-state index contributed by atoms with van der Waals surface area (Å²) in [5.74, 6) is -0.415. The number of amides is 1. The highest BCUT2D eigenvalue weighted by Gasteiger charge is 2.18. The van der Waals surface area contributed by atoms with Crippen LogP contribution in [0.4, 0.5) is 0 Å². The van der Waals surface area contributed by atoms with Gasteiger partial charge in [-0.25, -0.2) is 0 Å². The Morgan fingerprint density at radius 2 is 1.91 bits per heavy atom. The minimum atomic E-state index is -0.415. The summed E-state index contributed by atoms with van der Waals surface area (Å²) in [5.41, 5.74) is 12.2. The van der Waals surface area contributed by atoms with E-state index in [0.717, 1.165) is 39.9 Å². The molecule has 23 heavy (non-hydrogen) atoms. The molecule has 2 heterocycles. The molecule has 1 amide bonds. The molecule has 4 rings (SSSR count). The smallest absolute Gasteiger partial charge is 0.248 e. The maximum Gasteiger partial charge on any atom is 0.248 e. The van der Waals surface area contributed by atoms with Crippen molar-refractivity contribution in [3.63, 3.8) is 0 Å². The van der Waals surface area contributed by atoms with Crippen LogP contribution in [0.5, 0.6) is 0 Å². The lowest BCUT2D eigenvalue weighted by Crippen LogP contribution is -2.10. The second-order valence-corrected chi connectivity index (χ2v) is 5.49.